The number of hydrogen-bond acceptors (Lipinski definition) is 3. The maximum Gasteiger partial charge on any atom is 0.314 e. The molecule has 0 saturated heterocycles. The Bertz CT molecular complexity index is 381. The fraction of sp³-hybridized carbons (Fsp3) is 0.667. The van der Waals surface area contributed by atoms with Gasteiger partial charge in [0.15, 0.2) is 0 Å². The zero-order valence-corrected chi connectivity index (χ0v) is 13.4. The number of carbonyl (C=O) groups is 1. The van der Waals surface area contributed by atoms with Crippen molar-refractivity contribution in [3.05, 3.63) is 22.4 Å². The molecule has 1 aromatic rings. The van der Waals surface area contributed by atoms with Gasteiger partial charge in [-0.3, -0.25) is 0 Å². The van der Waals surface area contributed by atoms with Crippen molar-refractivity contribution in [2.45, 2.75) is 39.7 Å². The average Bonchev–Trinajstić information content (AvgIpc) is 2.94. The van der Waals surface area contributed by atoms with Gasteiger partial charge in [0.05, 0.1) is 6.10 Å². The summed E-state index contributed by atoms with van der Waals surface area (Å²) in [6.45, 7) is 7.07. The van der Waals surface area contributed by atoms with Crippen molar-refractivity contribution >= 4 is 17.4 Å². The summed E-state index contributed by atoms with van der Waals surface area (Å²) in [5, 5.41) is 17.4. The van der Waals surface area contributed by atoms with Crippen LogP contribution in [0.1, 0.15) is 32.1 Å². The molecule has 3 unspecified atom stereocenters. The quantitative estimate of drug-likeness (QED) is 0.691. The highest BCUT2D eigenvalue weighted by atomic mass is 32.1. The van der Waals surface area contributed by atoms with Gasteiger partial charge in [0.1, 0.15) is 0 Å². The Morgan fingerprint density at radius 1 is 1.35 bits per heavy atom. The lowest BCUT2D eigenvalue weighted by Gasteiger charge is -2.18. The zero-order valence-electron chi connectivity index (χ0n) is 12.6. The number of aliphatic hydroxyl groups is 1. The second-order valence-corrected chi connectivity index (χ2v) is 6.46. The van der Waals surface area contributed by atoms with E-state index in [1.807, 2.05) is 19.9 Å². The summed E-state index contributed by atoms with van der Waals surface area (Å²) >= 11 is 1.74. The third-order valence-electron chi connectivity index (χ3n) is 3.51. The molecule has 0 aliphatic carbocycles. The summed E-state index contributed by atoms with van der Waals surface area (Å²) in [5.41, 5.74) is 0. The summed E-state index contributed by atoms with van der Waals surface area (Å²) in [4.78, 5) is 13.0. The van der Waals surface area contributed by atoms with E-state index in [1.54, 1.807) is 11.3 Å². The van der Waals surface area contributed by atoms with E-state index < -0.39 is 6.10 Å². The van der Waals surface area contributed by atoms with Crippen molar-refractivity contribution in [1.82, 2.24) is 10.6 Å². The summed E-state index contributed by atoms with van der Waals surface area (Å²) < 4.78 is 0. The molecule has 0 aromatic carbocycles. The van der Waals surface area contributed by atoms with Crippen LogP contribution in [0.5, 0.6) is 0 Å². The molecule has 3 N–H and O–H groups in total. The first kappa shape index (κ1) is 17.0. The Morgan fingerprint density at radius 3 is 2.65 bits per heavy atom. The maximum atomic E-state index is 11.6. The van der Waals surface area contributed by atoms with Crippen LogP contribution in [0.15, 0.2) is 17.5 Å². The predicted molar refractivity (Wildman–Crippen MR) is 84.1 cm³/mol. The molecule has 3 atom stereocenters. The van der Waals surface area contributed by atoms with Crippen LogP contribution >= 0.6 is 11.3 Å². The first-order valence-electron chi connectivity index (χ1n) is 7.25. The van der Waals surface area contributed by atoms with Gasteiger partial charge in [-0.05, 0) is 29.7 Å². The minimum atomic E-state index is -0.478. The summed E-state index contributed by atoms with van der Waals surface area (Å²) in [5.74, 6) is 0.604. The van der Waals surface area contributed by atoms with Crippen LogP contribution in [0.25, 0.3) is 0 Å². The molecule has 20 heavy (non-hydrogen) atoms. The van der Waals surface area contributed by atoms with Gasteiger partial charge in [0.25, 0.3) is 0 Å². The number of hydrogen-bond donors (Lipinski definition) is 3. The number of nitrogens with one attached hydrogen (secondary N) is 2. The van der Waals surface area contributed by atoms with Gasteiger partial charge in [0.2, 0.25) is 0 Å². The van der Waals surface area contributed by atoms with Crippen molar-refractivity contribution in [3.63, 3.8) is 0 Å². The molecule has 5 heteroatoms. The Labute approximate surface area is 125 Å². The second kappa shape index (κ2) is 8.97. The van der Waals surface area contributed by atoms with Gasteiger partial charge in [-0.25, -0.2) is 4.79 Å². The number of carbonyl (C=O) groups excluding carboxylic acids is 1. The van der Waals surface area contributed by atoms with E-state index in [1.165, 1.54) is 4.88 Å². The van der Waals surface area contributed by atoms with E-state index in [-0.39, 0.29) is 11.9 Å². The number of thiophene rings is 1. The van der Waals surface area contributed by atoms with E-state index in [9.17, 15) is 9.90 Å². The van der Waals surface area contributed by atoms with E-state index in [4.69, 9.17) is 0 Å². The van der Waals surface area contributed by atoms with Crippen molar-refractivity contribution in [3.8, 4) is 0 Å². The van der Waals surface area contributed by atoms with Crippen LogP contribution in [0.4, 0.5) is 4.79 Å². The van der Waals surface area contributed by atoms with Crippen LogP contribution in [-0.2, 0) is 6.42 Å². The summed E-state index contributed by atoms with van der Waals surface area (Å²) in [6, 6.07) is 3.96. The molecule has 114 valence electrons. The number of urea groups is 1. The van der Waals surface area contributed by atoms with Crippen LogP contribution < -0.4 is 10.6 Å². The van der Waals surface area contributed by atoms with Gasteiger partial charge < -0.3 is 15.7 Å². The van der Waals surface area contributed by atoms with Crippen LogP contribution in [-0.4, -0.2) is 30.3 Å². The van der Waals surface area contributed by atoms with Crippen molar-refractivity contribution in [1.29, 1.82) is 0 Å². The van der Waals surface area contributed by atoms with Gasteiger partial charge >= 0.3 is 6.03 Å². The highest BCUT2D eigenvalue weighted by Crippen LogP contribution is 2.13. The zero-order chi connectivity index (χ0) is 15.0. The number of aliphatic hydroxyl groups excluding tert-OH is 1. The average molecular weight is 298 g/mol. The van der Waals surface area contributed by atoms with E-state index in [2.05, 4.69) is 29.0 Å². The Balaban J connectivity index is 2.16. The van der Waals surface area contributed by atoms with Crippen molar-refractivity contribution in [2.75, 3.05) is 13.1 Å². The normalized spacial score (nSPS) is 15.4. The van der Waals surface area contributed by atoms with Gasteiger partial charge in [-0.1, -0.05) is 33.3 Å². The largest absolute Gasteiger partial charge is 0.391 e. The molecule has 4 nitrogen and oxygen atoms in total. The topological polar surface area (TPSA) is 61.4 Å². The molecular weight excluding hydrogens is 272 g/mol. The highest BCUT2D eigenvalue weighted by Gasteiger charge is 2.13. The standard InChI is InChI=1S/C15H26N2O2S/c1-4-12(3)14(18)10-17-15(19)16-9-11(2)8-13-6-5-7-20-13/h5-7,11-12,14,18H,4,8-10H2,1-3H3,(H2,16,17,19). The van der Waals surface area contributed by atoms with Crippen LogP contribution in [0.3, 0.4) is 0 Å². The van der Waals surface area contributed by atoms with Gasteiger partial charge in [-0.2, -0.15) is 0 Å². The molecule has 1 heterocycles. The lowest BCUT2D eigenvalue weighted by atomic mass is 10.0. The molecule has 1 aromatic heterocycles. The number of rotatable bonds is 8. The predicted octanol–water partition coefficient (Wildman–Crippen LogP) is 2.63. The van der Waals surface area contributed by atoms with Crippen LogP contribution in [0.2, 0.25) is 0 Å². The Morgan fingerprint density at radius 2 is 2.05 bits per heavy atom. The first-order chi connectivity index (χ1) is 9.52. The van der Waals surface area contributed by atoms with Gasteiger partial charge in [-0.15, -0.1) is 11.3 Å². The molecule has 0 fully saturated rings. The second-order valence-electron chi connectivity index (χ2n) is 5.43. The monoisotopic (exact) mass is 298 g/mol. The fourth-order valence-electron chi connectivity index (χ4n) is 1.84. The lowest BCUT2D eigenvalue weighted by Crippen LogP contribution is -2.42. The lowest BCUT2D eigenvalue weighted by molar-refractivity contribution is 0.114. The SMILES string of the molecule is CCC(C)C(O)CNC(=O)NCC(C)Cc1cccs1. The minimum absolute atomic E-state index is 0.202. The maximum absolute atomic E-state index is 11.6. The van der Waals surface area contributed by atoms with Gasteiger partial charge in [0, 0.05) is 18.0 Å². The summed E-state index contributed by atoms with van der Waals surface area (Å²) in [6.07, 6.45) is 1.41. The molecule has 0 bridgehead atoms. The third kappa shape index (κ3) is 6.39. The molecule has 0 spiro atoms. The number of amides is 2. The van der Waals surface area contributed by atoms with Crippen LogP contribution in [0, 0.1) is 11.8 Å². The van der Waals surface area contributed by atoms with E-state index in [0.29, 0.717) is 19.0 Å². The molecule has 0 radical (unpaired) electrons. The first-order valence-corrected chi connectivity index (χ1v) is 8.13. The smallest absolute Gasteiger partial charge is 0.314 e. The third-order valence-corrected chi connectivity index (χ3v) is 4.41. The van der Waals surface area contributed by atoms with Crippen molar-refractivity contribution in [2.24, 2.45) is 11.8 Å². The molecular formula is C15H26N2O2S. The molecule has 0 aliphatic rings. The Kier molecular flexibility index (Phi) is 7.62. The molecule has 0 aliphatic heterocycles. The fourth-order valence-corrected chi connectivity index (χ4v) is 2.71. The molecule has 1 rings (SSSR count). The molecule has 0 saturated carbocycles. The Hall–Kier alpha value is -1.07. The minimum Gasteiger partial charge on any atom is -0.391 e. The van der Waals surface area contributed by atoms with E-state index >= 15 is 0 Å². The van der Waals surface area contributed by atoms with E-state index in [0.717, 1.165) is 12.8 Å². The van der Waals surface area contributed by atoms with Crippen molar-refractivity contribution < 1.29 is 9.90 Å². The summed E-state index contributed by atoms with van der Waals surface area (Å²) in [7, 11) is 0. The highest BCUT2D eigenvalue weighted by molar-refractivity contribution is 7.09. The molecule has 2 amide bonds.